The summed E-state index contributed by atoms with van der Waals surface area (Å²) < 4.78 is 4.88. The lowest BCUT2D eigenvalue weighted by Crippen LogP contribution is -2.05. The molecule has 88 valence electrons. The van der Waals surface area contributed by atoms with E-state index in [1.807, 2.05) is 0 Å². The maximum absolute atomic E-state index is 11.7. The van der Waals surface area contributed by atoms with Crippen LogP contribution in [0, 0.1) is 0 Å². The summed E-state index contributed by atoms with van der Waals surface area (Å²) in [6.45, 7) is 1.92. The molecule has 0 aliphatic carbocycles. The number of carbonyl (C=O) groups is 1. The van der Waals surface area contributed by atoms with E-state index >= 15 is 0 Å². The second-order valence-corrected chi connectivity index (χ2v) is 3.56. The number of esters is 1. The van der Waals surface area contributed by atoms with Gasteiger partial charge in [0.1, 0.15) is 17.1 Å². The number of benzene rings is 2. The van der Waals surface area contributed by atoms with E-state index in [1.165, 1.54) is 0 Å². The molecule has 0 radical (unpaired) electrons. The second-order valence-electron chi connectivity index (χ2n) is 3.56. The van der Waals surface area contributed by atoms with Crippen molar-refractivity contribution in [3.8, 4) is 11.5 Å². The average molecular weight is 232 g/mol. The lowest BCUT2D eigenvalue weighted by atomic mass is 10.0. The molecule has 17 heavy (non-hydrogen) atoms. The fourth-order valence-corrected chi connectivity index (χ4v) is 1.76. The van der Waals surface area contributed by atoms with Crippen LogP contribution in [0.25, 0.3) is 10.8 Å². The summed E-state index contributed by atoms with van der Waals surface area (Å²) in [6.07, 6.45) is 0. The van der Waals surface area contributed by atoms with E-state index in [-0.39, 0.29) is 23.7 Å². The van der Waals surface area contributed by atoms with Crippen molar-refractivity contribution >= 4 is 16.7 Å². The molecule has 2 aromatic rings. The molecule has 2 rings (SSSR count). The van der Waals surface area contributed by atoms with E-state index in [9.17, 15) is 15.0 Å². The number of aromatic hydroxyl groups is 2. The SMILES string of the molecule is CCOC(=O)c1c(O)cc(O)c2ccccc12. The van der Waals surface area contributed by atoms with Gasteiger partial charge in [-0.3, -0.25) is 0 Å². The highest BCUT2D eigenvalue weighted by Gasteiger charge is 2.18. The molecule has 0 atom stereocenters. The van der Waals surface area contributed by atoms with Crippen molar-refractivity contribution in [3.63, 3.8) is 0 Å². The van der Waals surface area contributed by atoms with E-state index < -0.39 is 5.97 Å². The second kappa shape index (κ2) is 4.33. The molecule has 4 heteroatoms. The average Bonchev–Trinajstić information content (AvgIpc) is 2.29. The molecular formula is C13H12O4. The zero-order chi connectivity index (χ0) is 12.4. The molecule has 0 unspecified atom stereocenters. The number of ether oxygens (including phenoxy) is 1. The van der Waals surface area contributed by atoms with Crippen molar-refractivity contribution in [1.29, 1.82) is 0 Å². The third-order valence-corrected chi connectivity index (χ3v) is 2.48. The van der Waals surface area contributed by atoms with Crippen LogP contribution in [-0.2, 0) is 4.74 Å². The largest absolute Gasteiger partial charge is 0.507 e. The minimum atomic E-state index is -0.596. The number of phenolic OH excluding ortho intramolecular Hbond substituents is 2. The minimum absolute atomic E-state index is 0.0638. The van der Waals surface area contributed by atoms with Crippen molar-refractivity contribution in [2.45, 2.75) is 6.92 Å². The Morgan fingerprint density at radius 3 is 2.47 bits per heavy atom. The van der Waals surface area contributed by atoms with Crippen molar-refractivity contribution in [3.05, 3.63) is 35.9 Å². The van der Waals surface area contributed by atoms with E-state index in [0.29, 0.717) is 10.8 Å². The first-order valence-corrected chi connectivity index (χ1v) is 5.26. The Morgan fingerprint density at radius 1 is 1.18 bits per heavy atom. The molecule has 2 N–H and O–H groups in total. The summed E-state index contributed by atoms with van der Waals surface area (Å²) in [6, 6.07) is 7.94. The lowest BCUT2D eigenvalue weighted by Gasteiger charge is -2.09. The standard InChI is InChI=1S/C13H12O4/c1-2-17-13(16)12-9-6-4-3-5-8(9)10(14)7-11(12)15/h3-7,14-15H,2H2,1H3. The van der Waals surface area contributed by atoms with Gasteiger partial charge in [0.25, 0.3) is 0 Å². The van der Waals surface area contributed by atoms with Gasteiger partial charge in [-0.05, 0) is 6.92 Å². The van der Waals surface area contributed by atoms with Crippen LogP contribution < -0.4 is 0 Å². The van der Waals surface area contributed by atoms with Gasteiger partial charge in [0, 0.05) is 16.8 Å². The summed E-state index contributed by atoms with van der Waals surface area (Å²) in [5.74, 6) is -0.938. The third kappa shape index (κ3) is 1.89. The third-order valence-electron chi connectivity index (χ3n) is 2.48. The zero-order valence-electron chi connectivity index (χ0n) is 9.30. The fraction of sp³-hybridized carbons (Fsp3) is 0.154. The lowest BCUT2D eigenvalue weighted by molar-refractivity contribution is 0.0525. The van der Waals surface area contributed by atoms with Crippen LogP contribution in [0.1, 0.15) is 17.3 Å². The van der Waals surface area contributed by atoms with E-state index in [0.717, 1.165) is 6.07 Å². The number of fused-ring (bicyclic) bond motifs is 1. The summed E-state index contributed by atoms with van der Waals surface area (Å²) >= 11 is 0. The Labute approximate surface area is 98.1 Å². The Kier molecular flexibility index (Phi) is 2.87. The minimum Gasteiger partial charge on any atom is -0.507 e. The van der Waals surface area contributed by atoms with E-state index in [4.69, 9.17) is 4.74 Å². The maximum atomic E-state index is 11.7. The van der Waals surface area contributed by atoms with Gasteiger partial charge in [-0.25, -0.2) is 4.79 Å². The van der Waals surface area contributed by atoms with Crippen LogP contribution in [0.2, 0.25) is 0 Å². The van der Waals surface area contributed by atoms with Crippen LogP contribution in [0.3, 0.4) is 0 Å². The molecule has 0 bridgehead atoms. The molecule has 0 saturated heterocycles. The van der Waals surface area contributed by atoms with E-state index in [2.05, 4.69) is 0 Å². The smallest absolute Gasteiger partial charge is 0.342 e. The molecule has 0 aliphatic heterocycles. The predicted molar refractivity (Wildman–Crippen MR) is 63.2 cm³/mol. The molecule has 0 aromatic heterocycles. The Balaban J connectivity index is 2.73. The van der Waals surface area contributed by atoms with Gasteiger partial charge in [0.05, 0.1) is 6.61 Å². The van der Waals surface area contributed by atoms with Crippen LogP contribution >= 0.6 is 0 Å². The van der Waals surface area contributed by atoms with Gasteiger partial charge in [0.15, 0.2) is 0 Å². The summed E-state index contributed by atoms with van der Waals surface area (Å²) in [4.78, 5) is 11.7. The van der Waals surface area contributed by atoms with Crippen LogP contribution in [0.15, 0.2) is 30.3 Å². The summed E-state index contributed by atoms with van der Waals surface area (Å²) in [5, 5.41) is 20.4. The Bertz CT molecular complexity index is 575. The normalized spacial score (nSPS) is 10.4. The quantitative estimate of drug-likeness (QED) is 0.780. The van der Waals surface area contributed by atoms with Gasteiger partial charge in [-0.1, -0.05) is 24.3 Å². The Hall–Kier alpha value is -2.23. The van der Waals surface area contributed by atoms with Gasteiger partial charge in [0.2, 0.25) is 0 Å². The van der Waals surface area contributed by atoms with Crippen molar-refractivity contribution < 1.29 is 19.7 Å². The number of hydrogen-bond donors (Lipinski definition) is 2. The molecule has 4 nitrogen and oxygen atoms in total. The summed E-state index contributed by atoms with van der Waals surface area (Å²) in [5.41, 5.74) is 0.0836. The van der Waals surface area contributed by atoms with Crippen LogP contribution in [-0.4, -0.2) is 22.8 Å². The first-order chi connectivity index (χ1) is 8.15. The maximum Gasteiger partial charge on any atom is 0.342 e. The van der Waals surface area contributed by atoms with Crippen LogP contribution in [0.4, 0.5) is 0 Å². The molecule has 0 fully saturated rings. The van der Waals surface area contributed by atoms with Crippen molar-refractivity contribution in [1.82, 2.24) is 0 Å². The fourth-order valence-electron chi connectivity index (χ4n) is 1.76. The molecule has 0 aliphatic rings. The first-order valence-electron chi connectivity index (χ1n) is 5.26. The highest BCUT2D eigenvalue weighted by molar-refractivity contribution is 6.08. The van der Waals surface area contributed by atoms with Crippen LogP contribution in [0.5, 0.6) is 11.5 Å². The molecule has 0 heterocycles. The molecule has 0 amide bonds. The predicted octanol–water partition coefficient (Wildman–Crippen LogP) is 2.43. The molecule has 0 saturated carbocycles. The van der Waals surface area contributed by atoms with E-state index in [1.54, 1.807) is 31.2 Å². The van der Waals surface area contributed by atoms with Crippen molar-refractivity contribution in [2.75, 3.05) is 6.61 Å². The van der Waals surface area contributed by atoms with Gasteiger partial charge >= 0.3 is 5.97 Å². The molecule has 0 spiro atoms. The highest BCUT2D eigenvalue weighted by Crippen LogP contribution is 2.34. The first kappa shape index (κ1) is 11.3. The zero-order valence-corrected chi connectivity index (χ0v) is 9.30. The number of hydrogen-bond acceptors (Lipinski definition) is 4. The Morgan fingerprint density at radius 2 is 1.82 bits per heavy atom. The molecule has 2 aromatic carbocycles. The number of phenols is 2. The topological polar surface area (TPSA) is 66.8 Å². The van der Waals surface area contributed by atoms with Gasteiger partial charge in [-0.15, -0.1) is 0 Å². The van der Waals surface area contributed by atoms with Gasteiger partial charge in [-0.2, -0.15) is 0 Å². The number of rotatable bonds is 2. The monoisotopic (exact) mass is 232 g/mol. The highest BCUT2D eigenvalue weighted by atomic mass is 16.5. The molecular weight excluding hydrogens is 220 g/mol. The summed E-state index contributed by atoms with van der Waals surface area (Å²) in [7, 11) is 0. The van der Waals surface area contributed by atoms with Crippen molar-refractivity contribution in [2.24, 2.45) is 0 Å². The van der Waals surface area contributed by atoms with Gasteiger partial charge < -0.3 is 14.9 Å². The number of carbonyl (C=O) groups excluding carboxylic acids is 1.